The Morgan fingerprint density at radius 3 is 1.64 bits per heavy atom. The van der Waals surface area contributed by atoms with E-state index in [-0.39, 0.29) is 25.5 Å². The van der Waals surface area contributed by atoms with E-state index < -0.39 is 11.7 Å². The summed E-state index contributed by atoms with van der Waals surface area (Å²) in [5, 5.41) is 8.61. The number of benzene rings is 2. The largest absolute Gasteiger partial charge is 0.416 e. The van der Waals surface area contributed by atoms with Gasteiger partial charge in [0.2, 0.25) is 0 Å². The predicted molar refractivity (Wildman–Crippen MR) is 112 cm³/mol. The third-order valence-electron chi connectivity index (χ3n) is 3.91. The highest BCUT2D eigenvalue weighted by atomic mass is 35.5. The van der Waals surface area contributed by atoms with E-state index in [1.165, 1.54) is 12.1 Å². The normalized spacial score (nSPS) is 12.5. The van der Waals surface area contributed by atoms with E-state index in [9.17, 15) is 13.2 Å². The minimum absolute atomic E-state index is 0. The Hall–Kier alpha value is -2.18. The molecule has 8 heteroatoms. The number of nitrogens with one attached hydrogen (secondary N) is 1. The summed E-state index contributed by atoms with van der Waals surface area (Å²) in [6.07, 6.45) is -4.36. The van der Waals surface area contributed by atoms with Gasteiger partial charge in [-0.05, 0) is 49.2 Å². The summed E-state index contributed by atoms with van der Waals surface area (Å²) >= 11 is 5.85. The lowest BCUT2D eigenvalue weighted by Gasteiger charge is -2.07. The zero-order valence-electron chi connectivity index (χ0n) is 15.3. The van der Waals surface area contributed by atoms with Crippen molar-refractivity contribution in [3.05, 3.63) is 70.2 Å². The second-order valence-corrected chi connectivity index (χ2v) is 6.43. The Morgan fingerprint density at radius 2 is 1.25 bits per heavy atom. The van der Waals surface area contributed by atoms with Crippen LogP contribution in [0.5, 0.6) is 0 Å². The molecule has 0 amide bonds. The SMILES string of the molecule is CC(=NCC(=N)CN=C(C)c1ccc(C(F)(F)F)cc1)c1ccc(Cl)cc1.Cl. The maximum absolute atomic E-state index is 12.6. The van der Waals surface area contributed by atoms with Gasteiger partial charge in [0.15, 0.2) is 0 Å². The van der Waals surface area contributed by atoms with Gasteiger partial charge in [0, 0.05) is 16.4 Å². The van der Waals surface area contributed by atoms with Crippen molar-refractivity contribution in [3.8, 4) is 0 Å². The van der Waals surface area contributed by atoms with Crippen molar-refractivity contribution >= 4 is 41.1 Å². The quantitative estimate of drug-likeness (QED) is 0.537. The predicted octanol–water partition coefficient (Wildman–Crippen LogP) is 6.12. The van der Waals surface area contributed by atoms with Crippen molar-refractivity contribution in [2.75, 3.05) is 13.1 Å². The molecule has 0 aromatic heterocycles. The van der Waals surface area contributed by atoms with Crippen LogP contribution in [-0.2, 0) is 6.18 Å². The second kappa shape index (κ2) is 10.4. The number of hydrogen-bond acceptors (Lipinski definition) is 3. The number of nitrogens with zero attached hydrogens (tertiary/aromatic N) is 2. The molecule has 28 heavy (non-hydrogen) atoms. The molecule has 0 radical (unpaired) electrons. The van der Waals surface area contributed by atoms with Gasteiger partial charge in [0.25, 0.3) is 0 Å². The van der Waals surface area contributed by atoms with Crippen LogP contribution >= 0.6 is 24.0 Å². The topological polar surface area (TPSA) is 48.6 Å². The number of rotatable bonds is 6. The number of alkyl halides is 3. The van der Waals surface area contributed by atoms with Crippen molar-refractivity contribution in [1.29, 1.82) is 5.41 Å². The van der Waals surface area contributed by atoms with E-state index in [1.54, 1.807) is 19.1 Å². The number of hydrogen-bond donors (Lipinski definition) is 1. The molecule has 2 aromatic carbocycles. The van der Waals surface area contributed by atoms with Crippen molar-refractivity contribution in [2.24, 2.45) is 9.98 Å². The first-order valence-corrected chi connectivity index (χ1v) is 8.56. The van der Waals surface area contributed by atoms with Crippen LogP contribution in [0.25, 0.3) is 0 Å². The molecule has 0 aliphatic heterocycles. The molecule has 0 fully saturated rings. The lowest BCUT2D eigenvalue weighted by Crippen LogP contribution is -2.10. The minimum atomic E-state index is -4.36. The second-order valence-electron chi connectivity index (χ2n) is 5.99. The highest BCUT2D eigenvalue weighted by molar-refractivity contribution is 6.30. The smallest absolute Gasteiger partial charge is 0.306 e. The number of halogens is 5. The average molecular weight is 430 g/mol. The van der Waals surface area contributed by atoms with Gasteiger partial charge in [-0.15, -0.1) is 12.4 Å². The first-order chi connectivity index (χ1) is 12.7. The van der Waals surface area contributed by atoms with Crippen LogP contribution in [-0.4, -0.2) is 30.2 Å². The Bertz CT molecular complexity index is 856. The van der Waals surface area contributed by atoms with Crippen molar-refractivity contribution in [2.45, 2.75) is 20.0 Å². The third kappa shape index (κ3) is 7.09. The maximum atomic E-state index is 12.6. The molecule has 0 aliphatic carbocycles. The Kier molecular flexibility index (Phi) is 8.85. The molecule has 0 aliphatic rings. The average Bonchev–Trinajstić information content (AvgIpc) is 2.64. The summed E-state index contributed by atoms with van der Waals surface area (Å²) in [7, 11) is 0. The third-order valence-corrected chi connectivity index (χ3v) is 4.16. The summed E-state index contributed by atoms with van der Waals surface area (Å²) in [5.74, 6) is 0. The van der Waals surface area contributed by atoms with Gasteiger partial charge in [-0.1, -0.05) is 35.9 Å². The summed E-state index contributed by atoms with van der Waals surface area (Å²) in [6.45, 7) is 3.91. The molecule has 3 nitrogen and oxygen atoms in total. The standard InChI is InChI=1S/C20H19ClF3N3.ClH/c1-13(15-3-7-17(8-4-15)20(22,23)24)26-11-19(25)12-27-14(2)16-5-9-18(21)10-6-16;/h3-10,25H,11-12H2,1-2H3;1H. The van der Waals surface area contributed by atoms with Crippen molar-refractivity contribution in [3.63, 3.8) is 0 Å². The van der Waals surface area contributed by atoms with Gasteiger partial charge in [0.1, 0.15) is 0 Å². The fraction of sp³-hybridized carbons (Fsp3) is 0.250. The Balaban J connectivity index is 0.00000392. The van der Waals surface area contributed by atoms with Gasteiger partial charge in [-0.2, -0.15) is 13.2 Å². The molecule has 0 heterocycles. The lowest BCUT2D eigenvalue weighted by atomic mass is 10.1. The van der Waals surface area contributed by atoms with Gasteiger partial charge < -0.3 is 5.41 Å². The Morgan fingerprint density at radius 1 is 0.857 bits per heavy atom. The van der Waals surface area contributed by atoms with Crippen LogP contribution in [0.2, 0.25) is 5.02 Å². The molecule has 0 bridgehead atoms. The molecule has 0 unspecified atom stereocenters. The first kappa shape index (κ1) is 23.9. The van der Waals surface area contributed by atoms with Crippen LogP contribution in [0, 0.1) is 5.41 Å². The van der Waals surface area contributed by atoms with E-state index in [1.807, 2.05) is 19.1 Å². The summed E-state index contributed by atoms with van der Waals surface area (Å²) in [5.41, 5.74) is 2.51. The number of aliphatic imine (C=N–C) groups is 2. The molecule has 150 valence electrons. The summed E-state index contributed by atoms with van der Waals surface area (Å²) in [4.78, 5) is 8.64. The molecule has 0 spiro atoms. The first-order valence-electron chi connectivity index (χ1n) is 8.19. The van der Waals surface area contributed by atoms with Gasteiger partial charge in [0.05, 0.1) is 24.4 Å². The van der Waals surface area contributed by atoms with Crippen LogP contribution in [0.1, 0.15) is 30.5 Å². The van der Waals surface area contributed by atoms with E-state index in [2.05, 4.69) is 9.98 Å². The van der Waals surface area contributed by atoms with Gasteiger partial charge in [-0.3, -0.25) is 9.98 Å². The highest BCUT2D eigenvalue weighted by Gasteiger charge is 2.29. The fourth-order valence-electron chi connectivity index (χ4n) is 2.25. The highest BCUT2D eigenvalue weighted by Crippen LogP contribution is 2.29. The molecule has 0 saturated heterocycles. The maximum Gasteiger partial charge on any atom is 0.416 e. The van der Waals surface area contributed by atoms with Gasteiger partial charge in [-0.25, -0.2) is 0 Å². The summed E-state index contributed by atoms with van der Waals surface area (Å²) < 4.78 is 37.8. The van der Waals surface area contributed by atoms with E-state index >= 15 is 0 Å². The molecule has 0 atom stereocenters. The monoisotopic (exact) mass is 429 g/mol. The molecule has 2 rings (SSSR count). The summed E-state index contributed by atoms with van der Waals surface area (Å²) in [6, 6.07) is 12.1. The molecule has 2 aromatic rings. The van der Waals surface area contributed by atoms with Crippen molar-refractivity contribution < 1.29 is 13.2 Å². The van der Waals surface area contributed by atoms with Crippen LogP contribution in [0.4, 0.5) is 13.2 Å². The minimum Gasteiger partial charge on any atom is -0.306 e. The molecular weight excluding hydrogens is 410 g/mol. The van der Waals surface area contributed by atoms with Crippen LogP contribution < -0.4 is 0 Å². The zero-order chi connectivity index (χ0) is 20.0. The van der Waals surface area contributed by atoms with Gasteiger partial charge >= 0.3 is 6.18 Å². The molecular formula is C20H20Cl2F3N3. The Labute approximate surface area is 173 Å². The van der Waals surface area contributed by atoms with Crippen LogP contribution in [0.15, 0.2) is 58.5 Å². The fourth-order valence-corrected chi connectivity index (χ4v) is 2.38. The van der Waals surface area contributed by atoms with E-state index in [4.69, 9.17) is 17.0 Å². The van der Waals surface area contributed by atoms with Crippen LogP contribution in [0.3, 0.4) is 0 Å². The molecule has 0 saturated carbocycles. The lowest BCUT2D eigenvalue weighted by molar-refractivity contribution is -0.137. The van der Waals surface area contributed by atoms with E-state index in [0.717, 1.165) is 23.4 Å². The van der Waals surface area contributed by atoms with E-state index in [0.29, 0.717) is 22.0 Å². The molecule has 1 N–H and O–H groups in total. The zero-order valence-corrected chi connectivity index (χ0v) is 16.9. The van der Waals surface area contributed by atoms with Crippen molar-refractivity contribution in [1.82, 2.24) is 0 Å².